The molecule has 0 N–H and O–H groups in total. The number of ether oxygens (including phenoxy) is 1. The highest BCUT2D eigenvalue weighted by molar-refractivity contribution is 6.06. The normalized spacial score (nSPS) is 19.1. The van der Waals surface area contributed by atoms with Gasteiger partial charge in [0.15, 0.2) is 6.10 Å². The van der Waals surface area contributed by atoms with Crippen molar-refractivity contribution in [2.45, 2.75) is 26.9 Å². The number of hydrogen-bond donors (Lipinski definition) is 0. The van der Waals surface area contributed by atoms with Crippen LogP contribution in [0.2, 0.25) is 0 Å². The van der Waals surface area contributed by atoms with E-state index in [0.717, 1.165) is 22.0 Å². The van der Waals surface area contributed by atoms with Gasteiger partial charge in [-0.05, 0) is 10.8 Å². The van der Waals surface area contributed by atoms with Crippen LogP contribution in [0.4, 0.5) is 4.79 Å². The largest absolute Gasteiger partial charge is 0.434 e. The average Bonchev–Trinajstić information content (AvgIpc) is 2.80. The van der Waals surface area contributed by atoms with E-state index in [1.165, 1.54) is 0 Å². The lowest BCUT2D eigenvalue weighted by Crippen LogP contribution is -2.25. The van der Waals surface area contributed by atoms with Crippen LogP contribution in [0, 0.1) is 5.41 Å². The van der Waals surface area contributed by atoms with Crippen LogP contribution in [-0.4, -0.2) is 11.8 Å². The van der Waals surface area contributed by atoms with Crippen molar-refractivity contribution >= 4 is 22.6 Å². The molecular weight excluding hydrogens is 250 g/mol. The van der Waals surface area contributed by atoms with Crippen molar-refractivity contribution in [2.24, 2.45) is 10.4 Å². The number of aliphatic imine (C=N–C) groups is 1. The number of rotatable bonds is 1. The van der Waals surface area contributed by atoms with Gasteiger partial charge in [0.25, 0.3) is 0 Å². The molecule has 1 aliphatic heterocycles. The fourth-order valence-corrected chi connectivity index (χ4v) is 2.59. The molecule has 0 radical (unpaired) electrons. The second-order valence-corrected chi connectivity index (χ2v) is 6.08. The summed E-state index contributed by atoms with van der Waals surface area (Å²) >= 11 is 0. The predicted molar refractivity (Wildman–Crippen MR) is 80.1 cm³/mol. The van der Waals surface area contributed by atoms with Gasteiger partial charge in [0.2, 0.25) is 0 Å². The Morgan fingerprint density at radius 1 is 1.05 bits per heavy atom. The average molecular weight is 267 g/mol. The molecule has 2 aromatic carbocycles. The van der Waals surface area contributed by atoms with Crippen LogP contribution in [0.1, 0.15) is 32.4 Å². The van der Waals surface area contributed by atoms with Gasteiger partial charge in [0, 0.05) is 11.0 Å². The molecule has 20 heavy (non-hydrogen) atoms. The smallest absolute Gasteiger partial charge is 0.433 e. The molecule has 1 aliphatic rings. The highest BCUT2D eigenvalue weighted by Gasteiger charge is 2.37. The van der Waals surface area contributed by atoms with Gasteiger partial charge in [-0.25, -0.2) is 4.79 Å². The highest BCUT2D eigenvalue weighted by Crippen LogP contribution is 2.37. The van der Waals surface area contributed by atoms with Crippen molar-refractivity contribution in [3.8, 4) is 0 Å². The van der Waals surface area contributed by atoms with Gasteiger partial charge in [-0.1, -0.05) is 63.2 Å². The lowest BCUT2D eigenvalue weighted by molar-refractivity contribution is 0.148. The zero-order valence-electron chi connectivity index (χ0n) is 11.9. The molecule has 0 aliphatic carbocycles. The Kier molecular flexibility index (Phi) is 2.85. The molecule has 102 valence electrons. The van der Waals surface area contributed by atoms with Gasteiger partial charge in [0.1, 0.15) is 0 Å². The molecule has 0 bridgehead atoms. The molecule has 3 heteroatoms. The van der Waals surface area contributed by atoms with Gasteiger partial charge in [-0.15, -0.1) is 0 Å². The highest BCUT2D eigenvalue weighted by atomic mass is 16.6. The van der Waals surface area contributed by atoms with E-state index >= 15 is 0 Å². The Bertz CT molecular complexity index is 705. The van der Waals surface area contributed by atoms with Crippen LogP contribution in [0.3, 0.4) is 0 Å². The number of hydrogen-bond acceptors (Lipinski definition) is 2. The second-order valence-electron chi connectivity index (χ2n) is 6.08. The zero-order valence-corrected chi connectivity index (χ0v) is 11.9. The van der Waals surface area contributed by atoms with Crippen LogP contribution >= 0.6 is 0 Å². The molecule has 1 atom stereocenters. The third-order valence-corrected chi connectivity index (χ3v) is 3.55. The van der Waals surface area contributed by atoms with E-state index < -0.39 is 6.09 Å². The molecule has 1 unspecified atom stereocenters. The summed E-state index contributed by atoms with van der Waals surface area (Å²) in [5.74, 6) is 0. The van der Waals surface area contributed by atoms with Crippen molar-refractivity contribution < 1.29 is 9.53 Å². The monoisotopic (exact) mass is 267 g/mol. The second kappa shape index (κ2) is 4.44. The van der Waals surface area contributed by atoms with Gasteiger partial charge in [0.05, 0.1) is 5.71 Å². The Balaban J connectivity index is 2.16. The predicted octanol–water partition coefficient (Wildman–Crippen LogP) is 4.52. The number of carbonyl (C=O) groups is 1. The van der Waals surface area contributed by atoms with E-state index in [4.69, 9.17) is 4.74 Å². The first-order valence-electron chi connectivity index (χ1n) is 6.74. The lowest BCUT2D eigenvalue weighted by Gasteiger charge is -2.24. The minimum atomic E-state index is -0.493. The molecule has 3 nitrogen and oxygen atoms in total. The van der Waals surface area contributed by atoms with Gasteiger partial charge in [-0.3, -0.25) is 0 Å². The van der Waals surface area contributed by atoms with Crippen molar-refractivity contribution in [3.05, 3.63) is 48.0 Å². The number of benzene rings is 2. The van der Waals surface area contributed by atoms with E-state index in [2.05, 4.69) is 23.2 Å². The van der Waals surface area contributed by atoms with E-state index in [1.54, 1.807) is 0 Å². The summed E-state index contributed by atoms with van der Waals surface area (Å²) in [5.41, 5.74) is 1.59. The van der Waals surface area contributed by atoms with Gasteiger partial charge in [-0.2, -0.15) is 4.99 Å². The van der Waals surface area contributed by atoms with E-state index in [9.17, 15) is 4.79 Å². The van der Waals surface area contributed by atoms with Crippen LogP contribution < -0.4 is 0 Å². The molecule has 0 saturated heterocycles. The van der Waals surface area contributed by atoms with Crippen molar-refractivity contribution in [3.63, 3.8) is 0 Å². The maximum atomic E-state index is 11.6. The summed E-state index contributed by atoms with van der Waals surface area (Å²) in [6, 6.07) is 14.2. The molecular formula is C17H17NO2. The first-order chi connectivity index (χ1) is 9.47. The van der Waals surface area contributed by atoms with Crippen molar-refractivity contribution in [1.82, 2.24) is 0 Å². The van der Waals surface area contributed by atoms with Crippen LogP contribution in [0.15, 0.2) is 47.5 Å². The van der Waals surface area contributed by atoms with Crippen LogP contribution in [0.25, 0.3) is 10.8 Å². The van der Waals surface area contributed by atoms with E-state index in [1.807, 2.05) is 45.0 Å². The standard InChI is InChI=1S/C17H17NO2/c1-17(2,3)15-14(20-16(19)18-15)13-10-6-8-11-7-4-5-9-12(11)13/h4-10,14H,1-3H3. The third kappa shape index (κ3) is 2.09. The number of cyclic esters (lactones) is 1. The lowest BCUT2D eigenvalue weighted by atomic mass is 9.83. The number of nitrogens with zero attached hydrogens (tertiary/aromatic N) is 1. The Morgan fingerprint density at radius 3 is 2.50 bits per heavy atom. The van der Waals surface area contributed by atoms with Gasteiger partial charge < -0.3 is 4.74 Å². The quantitative estimate of drug-likeness (QED) is 0.762. The van der Waals surface area contributed by atoms with Crippen molar-refractivity contribution in [2.75, 3.05) is 0 Å². The molecule has 0 fully saturated rings. The third-order valence-electron chi connectivity index (χ3n) is 3.55. The Hall–Kier alpha value is -2.16. The minimum absolute atomic E-state index is 0.201. The molecule has 2 aromatic rings. The minimum Gasteiger partial charge on any atom is -0.433 e. The summed E-state index contributed by atoms with van der Waals surface area (Å²) in [4.78, 5) is 15.7. The molecule has 1 amide bonds. The number of amides is 1. The Morgan fingerprint density at radius 2 is 1.75 bits per heavy atom. The maximum Gasteiger partial charge on any atom is 0.434 e. The molecule has 0 saturated carbocycles. The van der Waals surface area contributed by atoms with E-state index in [-0.39, 0.29) is 11.5 Å². The first-order valence-corrected chi connectivity index (χ1v) is 6.74. The fourth-order valence-electron chi connectivity index (χ4n) is 2.59. The van der Waals surface area contributed by atoms with Gasteiger partial charge >= 0.3 is 6.09 Å². The molecule has 3 rings (SSSR count). The fraction of sp³-hybridized carbons (Fsp3) is 0.294. The molecule has 0 aromatic heterocycles. The van der Waals surface area contributed by atoms with Crippen LogP contribution in [0.5, 0.6) is 0 Å². The molecule has 1 heterocycles. The van der Waals surface area contributed by atoms with E-state index in [0.29, 0.717) is 0 Å². The summed E-state index contributed by atoms with van der Waals surface area (Å²) in [5, 5.41) is 2.24. The number of fused-ring (bicyclic) bond motifs is 1. The summed E-state index contributed by atoms with van der Waals surface area (Å²) < 4.78 is 5.45. The zero-order chi connectivity index (χ0) is 14.3. The number of carbonyl (C=O) groups excluding carboxylic acids is 1. The SMILES string of the molecule is CC(C)(C)C1=NC(=O)OC1c1cccc2ccccc12. The van der Waals surface area contributed by atoms with Crippen molar-refractivity contribution in [1.29, 1.82) is 0 Å². The summed E-state index contributed by atoms with van der Waals surface area (Å²) in [7, 11) is 0. The first kappa shape index (κ1) is 12.9. The summed E-state index contributed by atoms with van der Waals surface area (Å²) in [6.45, 7) is 6.14. The topological polar surface area (TPSA) is 38.7 Å². The maximum absolute atomic E-state index is 11.6. The summed E-state index contributed by atoms with van der Waals surface area (Å²) in [6.07, 6.45) is -0.874. The van der Waals surface area contributed by atoms with Crippen LogP contribution in [-0.2, 0) is 4.74 Å². The Labute approximate surface area is 118 Å². The molecule has 0 spiro atoms.